The highest BCUT2D eigenvalue weighted by Gasteiger charge is 2.33. The number of hydrogen-bond donors (Lipinski definition) is 1. The summed E-state index contributed by atoms with van der Waals surface area (Å²) in [7, 11) is -2.64. The third-order valence-electron chi connectivity index (χ3n) is 2.13. The molecule has 0 atom stereocenters. The van der Waals surface area contributed by atoms with Crippen molar-refractivity contribution in [2.75, 3.05) is 12.8 Å². The Labute approximate surface area is 91.8 Å². The summed E-state index contributed by atoms with van der Waals surface area (Å²) in [4.78, 5) is 11.3. The van der Waals surface area contributed by atoms with Gasteiger partial charge in [-0.15, -0.1) is 0 Å². The molecule has 0 saturated carbocycles. The highest BCUT2D eigenvalue weighted by molar-refractivity contribution is 7.90. The molecule has 1 aromatic rings. The van der Waals surface area contributed by atoms with E-state index in [0.29, 0.717) is 5.69 Å². The summed E-state index contributed by atoms with van der Waals surface area (Å²) in [6.45, 7) is 0. The number of carbonyl (C=O) groups excluding carboxylic acids is 1. The fourth-order valence-corrected chi connectivity index (χ4v) is 2.61. The lowest BCUT2D eigenvalue weighted by molar-refractivity contribution is -0.132. The number of nitrogens with zero attached hydrogens (tertiary/aromatic N) is 1. The van der Waals surface area contributed by atoms with E-state index in [1.54, 1.807) is 0 Å². The van der Waals surface area contributed by atoms with E-state index in [1.165, 1.54) is 18.2 Å². The van der Waals surface area contributed by atoms with Gasteiger partial charge in [-0.3, -0.25) is 0 Å². The van der Waals surface area contributed by atoms with Crippen molar-refractivity contribution < 1.29 is 17.9 Å². The Bertz CT molecular complexity index is 604. The number of rotatable bonds is 1. The smallest absolute Gasteiger partial charge is 0.358 e. The van der Waals surface area contributed by atoms with E-state index in [-0.39, 0.29) is 16.2 Å². The van der Waals surface area contributed by atoms with Gasteiger partial charge in [-0.05, 0) is 18.2 Å². The van der Waals surface area contributed by atoms with Gasteiger partial charge >= 0.3 is 5.97 Å². The Morgan fingerprint density at radius 2 is 2.12 bits per heavy atom. The number of methoxy groups -OCH3 is 1. The molecule has 0 spiro atoms. The van der Waals surface area contributed by atoms with Crippen molar-refractivity contribution in [2.45, 2.75) is 4.90 Å². The second kappa shape index (κ2) is 3.31. The lowest BCUT2D eigenvalue weighted by Crippen LogP contribution is -2.15. The van der Waals surface area contributed by atoms with Crippen LogP contribution in [0, 0.1) is 0 Å². The number of benzene rings is 1. The summed E-state index contributed by atoms with van der Waals surface area (Å²) in [5.74, 6) is -0.798. The van der Waals surface area contributed by atoms with Crippen LogP contribution in [0.15, 0.2) is 27.5 Å². The van der Waals surface area contributed by atoms with Crippen LogP contribution in [0.5, 0.6) is 0 Å². The molecule has 7 heteroatoms. The minimum atomic E-state index is -3.80. The molecule has 84 valence electrons. The van der Waals surface area contributed by atoms with Crippen LogP contribution in [-0.2, 0) is 19.6 Å². The van der Waals surface area contributed by atoms with E-state index < -0.39 is 16.0 Å². The van der Waals surface area contributed by atoms with E-state index in [9.17, 15) is 13.2 Å². The molecule has 2 rings (SSSR count). The number of carbonyl (C=O) groups is 1. The van der Waals surface area contributed by atoms with Gasteiger partial charge in [0, 0.05) is 11.3 Å². The molecule has 0 radical (unpaired) electrons. The predicted molar refractivity (Wildman–Crippen MR) is 56.6 cm³/mol. The van der Waals surface area contributed by atoms with E-state index in [4.69, 9.17) is 5.73 Å². The van der Waals surface area contributed by atoms with Crippen molar-refractivity contribution in [1.29, 1.82) is 0 Å². The number of esters is 1. The van der Waals surface area contributed by atoms with Crippen LogP contribution in [0.4, 0.5) is 5.69 Å². The van der Waals surface area contributed by atoms with Crippen LogP contribution in [0.25, 0.3) is 0 Å². The van der Waals surface area contributed by atoms with Crippen LogP contribution < -0.4 is 5.73 Å². The van der Waals surface area contributed by atoms with E-state index in [1.807, 2.05) is 0 Å². The molecule has 0 fully saturated rings. The van der Waals surface area contributed by atoms with E-state index in [2.05, 4.69) is 9.13 Å². The Morgan fingerprint density at radius 3 is 2.75 bits per heavy atom. The second-order valence-electron chi connectivity index (χ2n) is 3.16. The number of nitrogen functional groups attached to an aromatic ring is 1. The van der Waals surface area contributed by atoms with Gasteiger partial charge in [0.25, 0.3) is 10.0 Å². The summed E-state index contributed by atoms with van der Waals surface area (Å²) >= 11 is 0. The molecule has 0 aliphatic carbocycles. The van der Waals surface area contributed by atoms with Gasteiger partial charge < -0.3 is 10.5 Å². The predicted octanol–water partition coefficient (Wildman–Crippen LogP) is -0.0668. The van der Waals surface area contributed by atoms with Crippen LogP contribution in [-0.4, -0.2) is 27.2 Å². The van der Waals surface area contributed by atoms with Crippen molar-refractivity contribution in [2.24, 2.45) is 4.40 Å². The van der Waals surface area contributed by atoms with Gasteiger partial charge in [-0.2, -0.15) is 12.8 Å². The number of fused-ring (bicyclic) bond motifs is 1. The first-order chi connectivity index (χ1) is 7.45. The summed E-state index contributed by atoms with van der Waals surface area (Å²) in [5.41, 5.74) is 5.83. The average Bonchev–Trinajstić information content (AvgIpc) is 2.49. The maximum atomic E-state index is 11.6. The first kappa shape index (κ1) is 10.6. The maximum Gasteiger partial charge on any atom is 0.358 e. The van der Waals surface area contributed by atoms with Crippen LogP contribution in [0.3, 0.4) is 0 Å². The first-order valence-electron chi connectivity index (χ1n) is 4.29. The zero-order chi connectivity index (χ0) is 11.9. The summed E-state index contributed by atoms with van der Waals surface area (Å²) in [5, 5.41) is 0. The van der Waals surface area contributed by atoms with Crippen molar-refractivity contribution in [3.8, 4) is 0 Å². The molecule has 16 heavy (non-hydrogen) atoms. The molecule has 1 aliphatic heterocycles. The summed E-state index contributed by atoms with van der Waals surface area (Å²) < 4.78 is 30.9. The molecular weight excluding hydrogens is 232 g/mol. The molecule has 1 aliphatic rings. The number of sulfonamides is 1. The fourth-order valence-electron chi connectivity index (χ4n) is 1.42. The van der Waals surface area contributed by atoms with Crippen molar-refractivity contribution in [3.63, 3.8) is 0 Å². The number of hydrogen-bond acceptors (Lipinski definition) is 5. The molecule has 6 nitrogen and oxygen atoms in total. The Balaban J connectivity index is 2.71. The minimum Gasteiger partial charge on any atom is -0.464 e. The monoisotopic (exact) mass is 240 g/mol. The molecule has 0 aromatic heterocycles. The van der Waals surface area contributed by atoms with Gasteiger partial charge in [-0.1, -0.05) is 0 Å². The molecule has 1 aromatic carbocycles. The van der Waals surface area contributed by atoms with Gasteiger partial charge in [0.1, 0.15) is 0 Å². The number of anilines is 1. The molecule has 0 unspecified atom stereocenters. The third kappa shape index (κ3) is 1.45. The van der Waals surface area contributed by atoms with Crippen LogP contribution >= 0.6 is 0 Å². The third-order valence-corrected chi connectivity index (χ3v) is 3.46. The lowest BCUT2D eigenvalue weighted by atomic mass is 10.1. The molecule has 1 heterocycles. The fraction of sp³-hybridized carbons (Fsp3) is 0.111. The summed E-state index contributed by atoms with van der Waals surface area (Å²) in [6, 6.07) is 4.14. The minimum absolute atomic E-state index is 0.0258. The number of ether oxygens (including phenoxy) is 1. The maximum absolute atomic E-state index is 11.6. The standard InChI is InChI=1S/C9H8N2O4S/c1-15-9(12)8-6-4-5(10)2-3-7(6)16(13,14)11-8/h2-4H,10H2,1H3. The molecular formula is C9H8N2O4S. The zero-order valence-electron chi connectivity index (χ0n) is 8.30. The van der Waals surface area contributed by atoms with Crippen molar-refractivity contribution in [1.82, 2.24) is 0 Å². The SMILES string of the molecule is COC(=O)C1=NS(=O)(=O)c2ccc(N)cc21. The highest BCUT2D eigenvalue weighted by Crippen LogP contribution is 2.28. The first-order valence-corrected chi connectivity index (χ1v) is 5.73. The Hall–Kier alpha value is -1.89. The Kier molecular flexibility index (Phi) is 2.20. The molecule has 0 saturated heterocycles. The quantitative estimate of drug-likeness (QED) is 0.547. The van der Waals surface area contributed by atoms with Crippen LogP contribution in [0.2, 0.25) is 0 Å². The lowest BCUT2D eigenvalue weighted by Gasteiger charge is -2.01. The van der Waals surface area contributed by atoms with Crippen LogP contribution in [0.1, 0.15) is 5.56 Å². The topological polar surface area (TPSA) is 98.8 Å². The zero-order valence-corrected chi connectivity index (χ0v) is 9.11. The van der Waals surface area contributed by atoms with E-state index in [0.717, 1.165) is 7.11 Å². The largest absolute Gasteiger partial charge is 0.464 e. The van der Waals surface area contributed by atoms with E-state index >= 15 is 0 Å². The normalized spacial score (nSPS) is 16.4. The summed E-state index contributed by atoms with van der Waals surface area (Å²) in [6.07, 6.45) is 0. The van der Waals surface area contributed by atoms with Crippen molar-refractivity contribution in [3.05, 3.63) is 23.8 Å². The molecule has 2 N–H and O–H groups in total. The average molecular weight is 240 g/mol. The highest BCUT2D eigenvalue weighted by atomic mass is 32.2. The van der Waals surface area contributed by atoms with Gasteiger partial charge in [0.2, 0.25) is 0 Å². The van der Waals surface area contributed by atoms with Gasteiger partial charge in [0.15, 0.2) is 5.71 Å². The van der Waals surface area contributed by atoms with Gasteiger partial charge in [0.05, 0.1) is 12.0 Å². The van der Waals surface area contributed by atoms with Gasteiger partial charge in [-0.25, -0.2) is 4.79 Å². The number of nitrogens with two attached hydrogens (primary N) is 1. The Morgan fingerprint density at radius 1 is 1.44 bits per heavy atom. The van der Waals surface area contributed by atoms with Crippen molar-refractivity contribution >= 4 is 27.4 Å². The second-order valence-corrected chi connectivity index (χ2v) is 4.73. The molecule has 0 bridgehead atoms. The molecule has 0 amide bonds.